The summed E-state index contributed by atoms with van der Waals surface area (Å²) >= 11 is 0. The van der Waals surface area contributed by atoms with Gasteiger partial charge >= 0.3 is 0 Å². The Bertz CT molecular complexity index is 82.4. The fourth-order valence-electron chi connectivity index (χ4n) is 0.974. The minimum atomic E-state index is -0.847. The molecule has 1 aliphatic rings. The van der Waals surface area contributed by atoms with Crippen LogP contribution in [-0.2, 0) is 0 Å². The molecule has 0 heterocycles. The zero-order valence-corrected chi connectivity index (χ0v) is 5.58. The Morgan fingerprint density at radius 3 is 2.25 bits per heavy atom. The van der Waals surface area contributed by atoms with E-state index in [2.05, 4.69) is 0 Å². The first-order valence-electron chi connectivity index (χ1n) is 3.35. The first kappa shape index (κ1) is 6.06. The lowest BCUT2D eigenvalue weighted by Gasteiger charge is -2.15. The molecule has 0 aromatic rings. The number of rotatable bonds is 2. The zero-order valence-electron chi connectivity index (χ0n) is 5.58. The number of halogens is 1. The average Bonchev–Trinajstić information content (AvgIpc) is 2.44. The molecule has 0 spiro atoms. The van der Waals surface area contributed by atoms with E-state index in [0.717, 1.165) is 12.8 Å². The highest BCUT2D eigenvalue weighted by atomic mass is 19.1. The molecule has 1 fully saturated rings. The summed E-state index contributed by atoms with van der Waals surface area (Å²) in [5.41, 5.74) is -0.847. The molecule has 1 saturated carbocycles. The van der Waals surface area contributed by atoms with E-state index in [0.29, 0.717) is 12.3 Å². The van der Waals surface area contributed by atoms with Crippen LogP contribution in [0.2, 0.25) is 0 Å². The van der Waals surface area contributed by atoms with Crippen LogP contribution in [0, 0.1) is 5.92 Å². The van der Waals surface area contributed by atoms with E-state index in [1.54, 1.807) is 6.92 Å². The van der Waals surface area contributed by atoms with Gasteiger partial charge in [-0.15, -0.1) is 0 Å². The van der Waals surface area contributed by atoms with Crippen molar-refractivity contribution < 1.29 is 4.39 Å². The maximum atomic E-state index is 13.0. The second-order valence-corrected chi connectivity index (χ2v) is 2.91. The minimum Gasteiger partial charge on any atom is -0.244 e. The lowest BCUT2D eigenvalue weighted by atomic mass is 10.0. The molecule has 1 atom stereocenters. The van der Waals surface area contributed by atoms with E-state index in [1.807, 2.05) is 6.92 Å². The van der Waals surface area contributed by atoms with Crippen molar-refractivity contribution in [3.63, 3.8) is 0 Å². The van der Waals surface area contributed by atoms with Gasteiger partial charge < -0.3 is 0 Å². The van der Waals surface area contributed by atoms with Gasteiger partial charge in [0.25, 0.3) is 0 Å². The lowest BCUT2D eigenvalue weighted by Crippen LogP contribution is -2.18. The summed E-state index contributed by atoms with van der Waals surface area (Å²) < 4.78 is 13.0. The van der Waals surface area contributed by atoms with Crippen molar-refractivity contribution in [3.8, 4) is 0 Å². The number of hydrogen-bond acceptors (Lipinski definition) is 0. The number of alkyl halides is 1. The summed E-state index contributed by atoms with van der Waals surface area (Å²) in [6.07, 6.45) is 2.90. The van der Waals surface area contributed by atoms with Crippen LogP contribution in [-0.4, -0.2) is 5.67 Å². The second kappa shape index (κ2) is 1.71. The van der Waals surface area contributed by atoms with Crippen LogP contribution in [0.5, 0.6) is 0 Å². The molecule has 1 rings (SSSR count). The Labute approximate surface area is 50.1 Å². The van der Waals surface area contributed by atoms with E-state index in [-0.39, 0.29) is 0 Å². The highest BCUT2D eigenvalue weighted by Crippen LogP contribution is 2.43. The van der Waals surface area contributed by atoms with Crippen LogP contribution in [0.3, 0.4) is 0 Å². The molecule has 0 aliphatic heterocycles. The molecule has 0 aromatic heterocycles. The fraction of sp³-hybridized carbons (Fsp3) is 1.00. The third-order valence-corrected chi connectivity index (χ3v) is 2.12. The topological polar surface area (TPSA) is 0 Å². The fourth-order valence-corrected chi connectivity index (χ4v) is 0.974. The third kappa shape index (κ3) is 1.01. The Morgan fingerprint density at radius 1 is 1.62 bits per heavy atom. The normalized spacial score (nSPS) is 27.4. The van der Waals surface area contributed by atoms with Crippen LogP contribution >= 0.6 is 0 Å². The van der Waals surface area contributed by atoms with Crippen molar-refractivity contribution in [3.05, 3.63) is 0 Å². The first-order valence-corrected chi connectivity index (χ1v) is 3.35. The van der Waals surface area contributed by atoms with Crippen molar-refractivity contribution in [1.29, 1.82) is 0 Å². The summed E-state index contributed by atoms with van der Waals surface area (Å²) in [4.78, 5) is 0. The highest BCUT2D eigenvalue weighted by Gasteiger charge is 2.40. The van der Waals surface area contributed by atoms with Crippen molar-refractivity contribution in [2.24, 2.45) is 5.92 Å². The van der Waals surface area contributed by atoms with Gasteiger partial charge in [0.05, 0.1) is 0 Å². The monoisotopic (exact) mass is 116 g/mol. The Kier molecular flexibility index (Phi) is 1.30. The summed E-state index contributed by atoms with van der Waals surface area (Å²) in [6.45, 7) is 3.63. The second-order valence-electron chi connectivity index (χ2n) is 2.91. The molecule has 0 bridgehead atoms. The Morgan fingerprint density at radius 2 is 2.12 bits per heavy atom. The van der Waals surface area contributed by atoms with Crippen molar-refractivity contribution >= 4 is 0 Å². The lowest BCUT2D eigenvalue weighted by molar-refractivity contribution is 0.151. The van der Waals surface area contributed by atoms with Gasteiger partial charge in [-0.05, 0) is 32.1 Å². The SMILES string of the molecule is CCC(C)(F)C1CC1. The summed E-state index contributed by atoms with van der Waals surface area (Å²) in [7, 11) is 0. The van der Waals surface area contributed by atoms with Gasteiger partial charge in [0, 0.05) is 0 Å². The maximum absolute atomic E-state index is 13.0. The van der Waals surface area contributed by atoms with E-state index in [4.69, 9.17) is 0 Å². The molecule has 8 heavy (non-hydrogen) atoms. The van der Waals surface area contributed by atoms with Gasteiger partial charge in [0.2, 0.25) is 0 Å². The molecule has 0 N–H and O–H groups in total. The zero-order chi connectivity index (χ0) is 6.20. The van der Waals surface area contributed by atoms with E-state index in [9.17, 15) is 4.39 Å². The average molecular weight is 116 g/mol. The molecule has 48 valence electrons. The molecule has 0 amide bonds. The molecule has 0 nitrogen and oxygen atoms in total. The van der Waals surface area contributed by atoms with Gasteiger partial charge in [0.1, 0.15) is 5.67 Å². The number of hydrogen-bond donors (Lipinski definition) is 0. The first-order chi connectivity index (χ1) is 3.67. The summed E-state index contributed by atoms with van der Waals surface area (Å²) in [5.74, 6) is 0.396. The van der Waals surface area contributed by atoms with Crippen molar-refractivity contribution in [2.75, 3.05) is 0 Å². The quantitative estimate of drug-likeness (QED) is 0.520. The molecular formula is C7H13F. The van der Waals surface area contributed by atoms with Gasteiger partial charge in [-0.3, -0.25) is 0 Å². The largest absolute Gasteiger partial charge is 0.244 e. The van der Waals surface area contributed by atoms with E-state index < -0.39 is 5.67 Å². The predicted octanol–water partition coefficient (Wildman–Crippen LogP) is 2.53. The van der Waals surface area contributed by atoms with E-state index >= 15 is 0 Å². The molecule has 1 heteroatoms. The molecule has 1 aliphatic carbocycles. The van der Waals surface area contributed by atoms with Crippen LogP contribution in [0.4, 0.5) is 4.39 Å². The van der Waals surface area contributed by atoms with E-state index in [1.165, 1.54) is 0 Å². The molecule has 0 saturated heterocycles. The maximum Gasteiger partial charge on any atom is 0.110 e. The van der Waals surface area contributed by atoms with Crippen LogP contribution in [0.15, 0.2) is 0 Å². The van der Waals surface area contributed by atoms with Crippen molar-refractivity contribution in [1.82, 2.24) is 0 Å². The van der Waals surface area contributed by atoms with Gasteiger partial charge in [-0.1, -0.05) is 6.92 Å². The molecular weight excluding hydrogens is 103 g/mol. The van der Waals surface area contributed by atoms with Crippen LogP contribution in [0.1, 0.15) is 33.1 Å². The molecule has 0 aromatic carbocycles. The predicted molar refractivity (Wildman–Crippen MR) is 32.5 cm³/mol. The van der Waals surface area contributed by atoms with Gasteiger partial charge in [0.15, 0.2) is 0 Å². The standard InChI is InChI=1S/C7H13F/c1-3-7(2,8)6-4-5-6/h6H,3-5H2,1-2H3. The van der Waals surface area contributed by atoms with Gasteiger partial charge in [-0.2, -0.15) is 0 Å². The smallest absolute Gasteiger partial charge is 0.110 e. The van der Waals surface area contributed by atoms with Crippen LogP contribution in [0.25, 0.3) is 0 Å². The summed E-state index contributed by atoms with van der Waals surface area (Å²) in [6, 6.07) is 0. The van der Waals surface area contributed by atoms with Crippen LogP contribution < -0.4 is 0 Å². The molecule has 1 unspecified atom stereocenters. The summed E-state index contributed by atoms with van der Waals surface area (Å²) in [5, 5.41) is 0. The highest BCUT2D eigenvalue weighted by molar-refractivity contribution is 4.90. The Balaban J connectivity index is 2.37. The minimum absolute atomic E-state index is 0.396. The molecule has 0 radical (unpaired) electrons. The van der Waals surface area contributed by atoms with Crippen molar-refractivity contribution in [2.45, 2.75) is 38.8 Å². The Hall–Kier alpha value is -0.0700. The van der Waals surface area contributed by atoms with Gasteiger partial charge in [-0.25, -0.2) is 4.39 Å². The third-order valence-electron chi connectivity index (χ3n) is 2.12.